The molecule has 14 heavy (non-hydrogen) atoms. The molecule has 0 radical (unpaired) electrons. The number of nitrogen functional groups attached to an aromatic ring is 1. The number of rotatable bonds is 7. The third-order valence-electron chi connectivity index (χ3n) is 1.56. The molecule has 4 nitrogen and oxygen atoms in total. The Hall–Kier alpha value is -0.300. The van der Waals surface area contributed by atoms with E-state index in [0.29, 0.717) is 0 Å². The molecule has 1 aromatic rings. The van der Waals surface area contributed by atoms with Crippen LogP contribution in [0.3, 0.4) is 0 Å². The van der Waals surface area contributed by atoms with E-state index < -0.39 is 0 Å². The normalized spacial score (nSPS) is 10.4. The van der Waals surface area contributed by atoms with Crippen LogP contribution in [0.5, 0.6) is 0 Å². The van der Waals surface area contributed by atoms with E-state index in [4.69, 9.17) is 10.6 Å². The van der Waals surface area contributed by atoms with E-state index in [2.05, 4.69) is 10.4 Å². The number of methoxy groups -OCH3 is 1. The molecule has 0 aliphatic carbocycles. The monoisotopic (exact) mass is 233 g/mol. The van der Waals surface area contributed by atoms with E-state index in [9.17, 15) is 0 Å². The maximum atomic E-state index is 5.23. The van der Waals surface area contributed by atoms with E-state index in [1.807, 2.05) is 18.0 Å². The fraction of sp³-hybridized carbons (Fsp3) is 0.625. The summed E-state index contributed by atoms with van der Waals surface area (Å²) in [7, 11) is 1.73. The molecule has 0 atom stereocenters. The minimum atomic E-state index is 0.775. The Morgan fingerprint density at radius 2 is 2.57 bits per heavy atom. The number of ether oxygens (including phenoxy) is 1. The van der Waals surface area contributed by atoms with Gasteiger partial charge in [-0.3, -0.25) is 5.43 Å². The first-order valence-corrected chi connectivity index (χ1v) is 6.32. The van der Waals surface area contributed by atoms with Gasteiger partial charge in [0.25, 0.3) is 0 Å². The zero-order valence-corrected chi connectivity index (χ0v) is 9.79. The van der Waals surface area contributed by atoms with Crippen LogP contribution in [-0.2, 0) is 10.5 Å². The van der Waals surface area contributed by atoms with E-state index in [1.165, 1.54) is 4.88 Å². The summed E-state index contributed by atoms with van der Waals surface area (Å²) in [6, 6.07) is 0. The number of nitrogens with one attached hydrogen (secondary N) is 1. The number of aromatic nitrogens is 1. The average molecular weight is 233 g/mol. The lowest BCUT2D eigenvalue weighted by molar-refractivity contribution is 0.200. The lowest BCUT2D eigenvalue weighted by atomic mass is 10.5. The molecular formula is C8H15N3OS2. The molecule has 6 heteroatoms. The Morgan fingerprint density at radius 1 is 1.71 bits per heavy atom. The molecule has 1 heterocycles. The molecule has 0 aliphatic rings. The van der Waals surface area contributed by atoms with Gasteiger partial charge in [0.05, 0.1) is 0 Å². The molecule has 0 unspecified atom stereocenters. The lowest BCUT2D eigenvalue weighted by Crippen LogP contribution is -2.05. The Morgan fingerprint density at radius 3 is 3.21 bits per heavy atom. The maximum absolute atomic E-state index is 5.23. The minimum absolute atomic E-state index is 0.775. The zero-order valence-electron chi connectivity index (χ0n) is 8.16. The van der Waals surface area contributed by atoms with Crippen molar-refractivity contribution < 1.29 is 4.74 Å². The highest BCUT2D eigenvalue weighted by molar-refractivity contribution is 7.98. The summed E-state index contributed by atoms with van der Waals surface area (Å²) in [5, 5.41) is 0.775. The summed E-state index contributed by atoms with van der Waals surface area (Å²) in [4.78, 5) is 5.34. The summed E-state index contributed by atoms with van der Waals surface area (Å²) in [6.45, 7) is 0.839. The molecule has 0 spiro atoms. The first kappa shape index (κ1) is 11.8. The van der Waals surface area contributed by atoms with Crippen LogP contribution in [0.1, 0.15) is 11.3 Å². The SMILES string of the molecule is COCCCSCc1cnc(NN)s1. The largest absolute Gasteiger partial charge is 0.385 e. The molecule has 0 aliphatic heterocycles. The van der Waals surface area contributed by atoms with Crippen LogP contribution >= 0.6 is 23.1 Å². The van der Waals surface area contributed by atoms with Crippen molar-refractivity contribution in [2.75, 3.05) is 24.9 Å². The highest BCUT2D eigenvalue weighted by Crippen LogP contribution is 2.22. The third kappa shape index (κ3) is 4.28. The fourth-order valence-corrected chi connectivity index (χ4v) is 2.66. The highest BCUT2D eigenvalue weighted by Gasteiger charge is 1.99. The number of hydrogen-bond acceptors (Lipinski definition) is 6. The van der Waals surface area contributed by atoms with Gasteiger partial charge in [0.1, 0.15) is 0 Å². The average Bonchev–Trinajstić information content (AvgIpc) is 2.65. The van der Waals surface area contributed by atoms with Crippen molar-refractivity contribution in [2.45, 2.75) is 12.2 Å². The van der Waals surface area contributed by atoms with Gasteiger partial charge in [-0.05, 0) is 12.2 Å². The van der Waals surface area contributed by atoms with Crippen molar-refractivity contribution in [2.24, 2.45) is 5.84 Å². The Labute approximate surface area is 92.2 Å². The van der Waals surface area contributed by atoms with E-state index in [-0.39, 0.29) is 0 Å². The van der Waals surface area contributed by atoms with Crippen LogP contribution in [0.25, 0.3) is 0 Å². The van der Waals surface area contributed by atoms with Crippen LogP contribution in [0.4, 0.5) is 5.13 Å². The van der Waals surface area contributed by atoms with Gasteiger partial charge in [-0.15, -0.1) is 11.3 Å². The molecule has 0 bridgehead atoms. The van der Waals surface area contributed by atoms with Crippen molar-refractivity contribution in [3.05, 3.63) is 11.1 Å². The summed E-state index contributed by atoms with van der Waals surface area (Å²) in [6.07, 6.45) is 2.96. The van der Waals surface area contributed by atoms with Crippen LogP contribution < -0.4 is 11.3 Å². The first-order chi connectivity index (χ1) is 6.86. The smallest absolute Gasteiger partial charge is 0.197 e. The zero-order chi connectivity index (χ0) is 10.2. The van der Waals surface area contributed by atoms with E-state index in [1.54, 1.807) is 18.4 Å². The Kier molecular flexibility index (Phi) is 5.93. The molecule has 1 rings (SSSR count). The number of hydrazine groups is 1. The highest BCUT2D eigenvalue weighted by atomic mass is 32.2. The summed E-state index contributed by atoms with van der Waals surface area (Å²) in [5.41, 5.74) is 2.54. The fourth-order valence-electron chi connectivity index (χ4n) is 0.919. The second-order valence-electron chi connectivity index (χ2n) is 2.68. The predicted molar refractivity (Wildman–Crippen MR) is 62.6 cm³/mol. The number of hydrogen-bond donors (Lipinski definition) is 2. The van der Waals surface area contributed by atoms with Gasteiger partial charge in [-0.1, -0.05) is 0 Å². The van der Waals surface area contributed by atoms with Gasteiger partial charge in [0.2, 0.25) is 0 Å². The molecule has 0 saturated heterocycles. The van der Waals surface area contributed by atoms with Crippen LogP contribution in [-0.4, -0.2) is 24.5 Å². The van der Waals surface area contributed by atoms with Gasteiger partial charge in [-0.25, -0.2) is 10.8 Å². The number of thioether (sulfide) groups is 1. The lowest BCUT2D eigenvalue weighted by Gasteiger charge is -1.98. The number of nitrogens with two attached hydrogens (primary N) is 1. The van der Waals surface area contributed by atoms with Crippen molar-refractivity contribution in [1.82, 2.24) is 4.98 Å². The molecule has 0 amide bonds. The number of thiazole rings is 1. The molecule has 0 saturated carbocycles. The second kappa shape index (κ2) is 7.05. The first-order valence-electron chi connectivity index (χ1n) is 4.35. The van der Waals surface area contributed by atoms with E-state index >= 15 is 0 Å². The topological polar surface area (TPSA) is 60.2 Å². The van der Waals surface area contributed by atoms with Crippen LogP contribution in [0.15, 0.2) is 6.20 Å². The molecule has 1 aromatic heterocycles. The summed E-state index contributed by atoms with van der Waals surface area (Å²) >= 11 is 3.49. The van der Waals surface area contributed by atoms with Gasteiger partial charge in [0.15, 0.2) is 5.13 Å². The van der Waals surface area contributed by atoms with Crippen LogP contribution in [0, 0.1) is 0 Å². The quantitative estimate of drug-likeness (QED) is 0.426. The van der Waals surface area contributed by atoms with Gasteiger partial charge < -0.3 is 4.74 Å². The number of nitrogens with zero attached hydrogens (tertiary/aromatic N) is 1. The standard InChI is InChI=1S/C8H15N3OS2/c1-12-3-2-4-13-6-7-5-10-8(11-9)14-7/h5H,2-4,6,9H2,1H3,(H,10,11). The molecular weight excluding hydrogens is 218 g/mol. The maximum Gasteiger partial charge on any atom is 0.197 e. The Bertz CT molecular complexity index is 254. The third-order valence-corrected chi connectivity index (χ3v) is 3.76. The Balaban J connectivity index is 2.12. The predicted octanol–water partition coefficient (Wildman–Crippen LogP) is 1.70. The summed E-state index contributed by atoms with van der Waals surface area (Å²) in [5.74, 6) is 7.36. The van der Waals surface area contributed by atoms with Crippen molar-refractivity contribution in [1.29, 1.82) is 0 Å². The second-order valence-corrected chi connectivity index (χ2v) is 4.90. The molecule has 0 fully saturated rings. The molecule has 3 N–H and O–H groups in total. The summed E-state index contributed by atoms with van der Waals surface area (Å²) < 4.78 is 4.97. The number of anilines is 1. The van der Waals surface area contributed by atoms with E-state index in [0.717, 1.165) is 29.7 Å². The van der Waals surface area contributed by atoms with Crippen LogP contribution in [0.2, 0.25) is 0 Å². The molecule has 80 valence electrons. The van der Waals surface area contributed by atoms with Gasteiger partial charge >= 0.3 is 0 Å². The minimum Gasteiger partial charge on any atom is -0.385 e. The van der Waals surface area contributed by atoms with Crippen molar-refractivity contribution >= 4 is 28.2 Å². The van der Waals surface area contributed by atoms with Gasteiger partial charge in [-0.2, -0.15) is 11.8 Å². The van der Waals surface area contributed by atoms with Crippen molar-refractivity contribution in [3.8, 4) is 0 Å². The molecule has 0 aromatic carbocycles. The van der Waals surface area contributed by atoms with Gasteiger partial charge in [0, 0.05) is 30.5 Å². The van der Waals surface area contributed by atoms with Crippen molar-refractivity contribution in [3.63, 3.8) is 0 Å².